The number of amides is 4. The Balaban J connectivity index is 1.87. The van der Waals surface area contributed by atoms with Crippen LogP contribution in [0.1, 0.15) is 36.0 Å². The molecule has 11 heteroatoms. The summed E-state index contributed by atoms with van der Waals surface area (Å²) in [6.45, 7) is 6.79. The zero-order valence-corrected chi connectivity index (χ0v) is 20.2. The van der Waals surface area contributed by atoms with Crippen LogP contribution >= 0.6 is 34.5 Å². The van der Waals surface area contributed by atoms with Crippen LogP contribution in [0.4, 0.5) is 15.5 Å². The van der Waals surface area contributed by atoms with Gasteiger partial charge in [0.25, 0.3) is 5.91 Å². The molecule has 1 aliphatic heterocycles. The molecular weight excluding hydrogens is 473 g/mol. The quantitative estimate of drug-likeness (QED) is 0.514. The van der Waals surface area contributed by atoms with Gasteiger partial charge in [0.15, 0.2) is 0 Å². The topological polar surface area (TPSA) is 117 Å². The third-order valence-electron chi connectivity index (χ3n) is 4.85. The summed E-state index contributed by atoms with van der Waals surface area (Å²) in [5.74, 6) is -0.600. The first-order chi connectivity index (χ1) is 15.0. The van der Waals surface area contributed by atoms with E-state index in [0.29, 0.717) is 34.4 Å². The third-order valence-corrected chi connectivity index (χ3v) is 7.15. The van der Waals surface area contributed by atoms with Crippen LogP contribution in [0.2, 0.25) is 10.0 Å². The first kappa shape index (κ1) is 24.3. The number of hydrogen-bond donors (Lipinski definition) is 4. The van der Waals surface area contributed by atoms with Crippen molar-refractivity contribution in [2.24, 2.45) is 5.73 Å². The van der Waals surface area contributed by atoms with Crippen molar-refractivity contribution in [2.45, 2.75) is 32.2 Å². The number of anilines is 2. The average molecular weight is 498 g/mol. The van der Waals surface area contributed by atoms with Gasteiger partial charge in [-0.1, -0.05) is 50.0 Å². The molecule has 1 saturated heterocycles. The zero-order chi connectivity index (χ0) is 23.6. The van der Waals surface area contributed by atoms with Gasteiger partial charge >= 0.3 is 6.03 Å². The minimum absolute atomic E-state index is 0.0924. The van der Waals surface area contributed by atoms with E-state index in [1.165, 1.54) is 16.2 Å². The van der Waals surface area contributed by atoms with E-state index < -0.39 is 12.1 Å². The summed E-state index contributed by atoms with van der Waals surface area (Å²) in [5.41, 5.74) is 6.34. The van der Waals surface area contributed by atoms with Gasteiger partial charge in [-0.3, -0.25) is 14.9 Å². The van der Waals surface area contributed by atoms with E-state index in [-0.39, 0.29) is 28.8 Å². The smallest absolute Gasteiger partial charge is 0.324 e. The molecule has 1 aromatic heterocycles. The van der Waals surface area contributed by atoms with Gasteiger partial charge in [-0.15, -0.1) is 11.3 Å². The second-order valence-corrected chi connectivity index (χ2v) is 10.3. The Hall–Kier alpha value is -2.33. The molecule has 4 amide bonds. The van der Waals surface area contributed by atoms with Gasteiger partial charge < -0.3 is 21.3 Å². The maximum absolute atomic E-state index is 13.3. The number of urea groups is 1. The number of nitrogens with one attached hydrogen (secondary N) is 3. The number of carbonyl (C=O) groups is 3. The van der Waals surface area contributed by atoms with Crippen molar-refractivity contribution in [2.75, 3.05) is 30.3 Å². The number of rotatable bonds is 3. The molecule has 3 rings (SSSR count). The lowest BCUT2D eigenvalue weighted by Gasteiger charge is -2.21. The predicted octanol–water partition coefficient (Wildman–Crippen LogP) is 3.90. The largest absolute Gasteiger partial charge is 0.353 e. The molecule has 0 bridgehead atoms. The van der Waals surface area contributed by atoms with Gasteiger partial charge in [-0.2, -0.15) is 0 Å². The van der Waals surface area contributed by atoms with Crippen molar-refractivity contribution < 1.29 is 14.4 Å². The highest BCUT2D eigenvalue weighted by Gasteiger charge is 2.30. The average Bonchev–Trinajstić information content (AvgIpc) is 3.06. The van der Waals surface area contributed by atoms with Crippen LogP contribution in [0.5, 0.6) is 0 Å². The molecule has 1 fully saturated rings. The van der Waals surface area contributed by atoms with Gasteiger partial charge in [0.1, 0.15) is 11.0 Å². The summed E-state index contributed by atoms with van der Waals surface area (Å²) < 4.78 is 0. The molecule has 172 valence electrons. The highest BCUT2D eigenvalue weighted by molar-refractivity contribution is 7.16. The summed E-state index contributed by atoms with van der Waals surface area (Å²) >= 11 is 13.5. The van der Waals surface area contributed by atoms with Crippen LogP contribution in [-0.2, 0) is 10.2 Å². The van der Waals surface area contributed by atoms with Crippen molar-refractivity contribution in [1.82, 2.24) is 10.2 Å². The van der Waals surface area contributed by atoms with E-state index >= 15 is 0 Å². The number of thiophene rings is 1. The van der Waals surface area contributed by atoms with Crippen molar-refractivity contribution in [3.63, 3.8) is 0 Å². The van der Waals surface area contributed by atoms with Crippen LogP contribution in [-0.4, -0.2) is 48.4 Å². The van der Waals surface area contributed by atoms with E-state index in [0.717, 1.165) is 4.88 Å². The second-order valence-electron chi connectivity index (χ2n) is 8.43. The SMILES string of the molecule is CC(C)(C)c1cc(C(=O)N2CCNC(=O)C(N)C2)c(NC(=O)Nc2cccc(Cl)c2Cl)s1. The number of hydrogen-bond acceptors (Lipinski definition) is 5. The normalized spacial score (nSPS) is 16.9. The second kappa shape index (κ2) is 9.66. The Labute approximate surface area is 200 Å². The number of benzene rings is 1. The fraction of sp³-hybridized carbons (Fsp3) is 0.381. The van der Waals surface area contributed by atoms with Crippen LogP contribution < -0.4 is 21.7 Å². The Morgan fingerprint density at radius 2 is 1.97 bits per heavy atom. The number of nitrogens with two attached hydrogens (primary N) is 1. The van der Waals surface area contributed by atoms with Crippen LogP contribution in [0, 0.1) is 0 Å². The molecule has 0 radical (unpaired) electrons. The lowest BCUT2D eigenvalue weighted by Crippen LogP contribution is -2.45. The van der Waals surface area contributed by atoms with Crippen molar-refractivity contribution in [3.8, 4) is 0 Å². The Kier molecular flexibility index (Phi) is 7.34. The molecule has 2 aromatic rings. The molecule has 0 aliphatic carbocycles. The van der Waals surface area contributed by atoms with Crippen LogP contribution in [0.25, 0.3) is 0 Å². The highest BCUT2D eigenvalue weighted by atomic mass is 35.5. The summed E-state index contributed by atoms with van der Waals surface area (Å²) in [6, 6.07) is 5.31. The number of carbonyl (C=O) groups excluding carboxylic acids is 3. The monoisotopic (exact) mass is 497 g/mol. The third kappa shape index (κ3) is 5.53. The molecule has 1 atom stereocenters. The summed E-state index contributed by atoms with van der Waals surface area (Å²) in [6.07, 6.45) is 0. The molecule has 5 N–H and O–H groups in total. The van der Waals surface area contributed by atoms with E-state index in [9.17, 15) is 14.4 Å². The molecule has 32 heavy (non-hydrogen) atoms. The predicted molar refractivity (Wildman–Crippen MR) is 129 cm³/mol. The summed E-state index contributed by atoms with van der Waals surface area (Å²) in [7, 11) is 0. The van der Waals surface area contributed by atoms with E-state index in [1.54, 1.807) is 24.3 Å². The first-order valence-electron chi connectivity index (χ1n) is 9.96. The summed E-state index contributed by atoms with van der Waals surface area (Å²) in [5, 5.41) is 9.03. The van der Waals surface area contributed by atoms with Crippen molar-refractivity contribution in [3.05, 3.63) is 44.8 Å². The van der Waals surface area contributed by atoms with Gasteiger partial charge in [-0.25, -0.2) is 4.79 Å². The van der Waals surface area contributed by atoms with Gasteiger partial charge in [0.05, 0.1) is 21.3 Å². The van der Waals surface area contributed by atoms with Gasteiger partial charge in [-0.05, 0) is 23.6 Å². The Morgan fingerprint density at radius 1 is 1.25 bits per heavy atom. The van der Waals surface area contributed by atoms with E-state index in [4.69, 9.17) is 28.9 Å². The molecule has 0 saturated carbocycles. The molecule has 1 aromatic carbocycles. The first-order valence-corrected chi connectivity index (χ1v) is 11.5. The fourth-order valence-corrected chi connectivity index (χ4v) is 4.53. The summed E-state index contributed by atoms with van der Waals surface area (Å²) in [4.78, 5) is 40.3. The number of nitrogens with zero attached hydrogens (tertiary/aromatic N) is 1. The Morgan fingerprint density at radius 3 is 2.66 bits per heavy atom. The molecule has 2 heterocycles. The molecule has 1 unspecified atom stereocenters. The maximum Gasteiger partial charge on any atom is 0.324 e. The minimum atomic E-state index is -0.813. The Bertz CT molecular complexity index is 1050. The molecule has 8 nitrogen and oxygen atoms in total. The number of halogens is 2. The molecule has 1 aliphatic rings. The van der Waals surface area contributed by atoms with Crippen molar-refractivity contribution in [1.29, 1.82) is 0 Å². The minimum Gasteiger partial charge on any atom is -0.353 e. The standard InChI is InChI=1S/C21H25Cl2N5O3S/c1-21(2,3)15-9-11(19(30)28-8-7-25-17(29)13(24)10-28)18(32-15)27-20(31)26-14-6-4-5-12(22)16(14)23/h4-6,9,13H,7-8,10,24H2,1-3H3,(H,25,29)(H2,26,27,31). The lowest BCUT2D eigenvalue weighted by atomic mass is 9.94. The lowest BCUT2D eigenvalue weighted by molar-refractivity contribution is -0.121. The van der Waals surface area contributed by atoms with Gasteiger partial charge in [0.2, 0.25) is 5.91 Å². The van der Waals surface area contributed by atoms with Gasteiger partial charge in [0, 0.05) is 24.5 Å². The van der Waals surface area contributed by atoms with Crippen LogP contribution in [0.15, 0.2) is 24.3 Å². The highest BCUT2D eigenvalue weighted by Crippen LogP contribution is 2.37. The van der Waals surface area contributed by atoms with Crippen LogP contribution in [0.3, 0.4) is 0 Å². The van der Waals surface area contributed by atoms with E-state index in [2.05, 4.69) is 16.0 Å². The van der Waals surface area contributed by atoms with Crippen molar-refractivity contribution >= 4 is 63.1 Å². The maximum atomic E-state index is 13.3. The molecule has 0 spiro atoms. The fourth-order valence-electron chi connectivity index (χ4n) is 3.08. The molecular formula is C21H25Cl2N5O3S. The zero-order valence-electron chi connectivity index (χ0n) is 17.9. The van der Waals surface area contributed by atoms with E-state index in [1.807, 2.05) is 20.8 Å².